The van der Waals surface area contributed by atoms with E-state index in [1.807, 2.05) is 13.8 Å². The SMILES string of the molecule is C=C(C)N1CC2(C1)CC(C)(O)C2. The molecule has 1 N–H and O–H groups in total. The number of hydrogen-bond donors (Lipinski definition) is 1. The average Bonchev–Trinajstić information content (AvgIpc) is 1.75. The summed E-state index contributed by atoms with van der Waals surface area (Å²) in [4.78, 5) is 2.29. The van der Waals surface area contributed by atoms with Crippen molar-refractivity contribution in [1.82, 2.24) is 4.90 Å². The van der Waals surface area contributed by atoms with Gasteiger partial charge in [-0.3, -0.25) is 0 Å². The molecular formula is C10H17NO. The molecule has 1 saturated carbocycles. The summed E-state index contributed by atoms with van der Waals surface area (Å²) in [6.07, 6.45) is 1.95. The molecule has 1 aliphatic heterocycles. The van der Waals surface area contributed by atoms with Crippen LogP contribution in [0.15, 0.2) is 12.3 Å². The normalized spacial score (nSPS) is 29.4. The fourth-order valence-electron chi connectivity index (χ4n) is 2.82. The number of rotatable bonds is 1. The zero-order valence-electron chi connectivity index (χ0n) is 7.93. The number of likely N-dealkylation sites (tertiary alicyclic amines) is 1. The number of hydrogen-bond acceptors (Lipinski definition) is 2. The lowest BCUT2D eigenvalue weighted by Gasteiger charge is -2.62. The highest BCUT2D eigenvalue weighted by Gasteiger charge is 2.57. The summed E-state index contributed by atoms with van der Waals surface area (Å²) in [7, 11) is 0. The van der Waals surface area contributed by atoms with Gasteiger partial charge >= 0.3 is 0 Å². The molecule has 2 heteroatoms. The Morgan fingerprint density at radius 3 is 2.25 bits per heavy atom. The molecule has 2 aliphatic rings. The van der Waals surface area contributed by atoms with Crippen molar-refractivity contribution in [1.29, 1.82) is 0 Å². The van der Waals surface area contributed by atoms with Crippen LogP contribution in [0.25, 0.3) is 0 Å². The van der Waals surface area contributed by atoms with Crippen LogP contribution in [0.4, 0.5) is 0 Å². The van der Waals surface area contributed by atoms with Gasteiger partial charge in [0, 0.05) is 24.2 Å². The van der Waals surface area contributed by atoms with Gasteiger partial charge < -0.3 is 10.0 Å². The summed E-state index contributed by atoms with van der Waals surface area (Å²) in [5, 5.41) is 9.60. The van der Waals surface area contributed by atoms with E-state index in [-0.39, 0.29) is 5.60 Å². The Labute approximate surface area is 73.9 Å². The van der Waals surface area contributed by atoms with Crippen LogP contribution in [0.1, 0.15) is 26.7 Å². The maximum absolute atomic E-state index is 9.60. The Hall–Kier alpha value is -0.500. The molecule has 1 aliphatic carbocycles. The van der Waals surface area contributed by atoms with E-state index in [9.17, 15) is 5.11 Å². The number of allylic oxidation sites excluding steroid dienone is 1. The van der Waals surface area contributed by atoms with E-state index < -0.39 is 0 Å². The zero-order valence-corrected chi connectivity index (χ0v) is 7.93. The molecule has 2 rings (SSSR count). The Balaban J connectivity index is 1.87. The Kier molecular flexibility index (Phi) is 1.39. The van der Waals surface area contributed by atoms with Gasteiger partial charge in [0.1, 0.15) is 0 Å². The summed E-state index contributed by atoms with van der Waals surface area (Å²) < 4.78 is 0. The second kappa shape index (κ2) is 2.05. The van der Waals surface area contributed by atoms with Crippen molar-refractivity contribution in [3.63, 3.8) is 0 Å². The third-order valence-corrected chi connectivity index (χ3v) is 3.10. The van der Waals surface area contributed by atoms with Gasteiger partial charge in [-0.15, -0.1) is 0 Å². The molecule has 1 heterocycles. The molecule has 0 unspecified atom stereocenters. The van der Waals surface area contributed by atoms with E-state index >= 15 is 0 Å². The molecule has 2 nitrogen and oxygen atoms in total. The average molecular weight is 167 g/mol. The summed E-state index contributed by atoms with van der Waals surface area (Å²) in [5.74, 6) is 0. The van der Waals surface area contributed by atoms with Gasteiger partial charge in [0.15, 0.2) is 0 Å². The summed E-state index contributed by atoms with van der Waals surface area (Å²) in [5.41, 5.74) is 1.23. The summed E-state index contributed by atoms with van der Waals surface area (Å²) in [6.45, 7) is 10.1. The largest absolute Gasteiger partial charge is 0.390 e. The molecule has 2 fully saturated rings. The van der Waals surface area contributed by atoms with Gasteiger partial charge in [-0.25, -0.2) is 0 Å². The first kappa shape index (κ1) is 8.11. The predicted octanol–water partition coefficient (Wildman–Crippen LogP) is 1.37. The van der Waals surface area contributed by atoms with E-state index in [0.29, 0.717) is 5.41 Å². The van der Waals surface area contributed by atoms with Crippen molar-refractivity contribution in [2.75, 3.05) is 13.1 Å². The van der Waals surface area contributed by atoms with E-state index in [1.54, 1.807) is 0 Å². The summed E-state index contributed by atoms with van der Waals surface area (Å²) in [6, 6.07) is 0. The molecule has 1 spiro atoms. The highest BCUT2D eigenvalue weighted by Crippen LogP contribution is 2.54. The van der Waals surface area contributed by atoms with Gasteiger partial charge in [0.25, 0.3) is 0 Å². The molecule has 0 atom stereocenters. The first-order valence-electron chi connectivity index (χ1n) is 4.55. The maximum Gasteiger partial charge on any atom is 0.0633 e. The molecule has 0 radical (unpaired) electrons. The van der Waals surface area contributed by atoms with Crippen LogP contribution in [0.5, 0.6) is 0 Å². The first-order chi connectivity index (χ1) is 5.43. The van der Waals surface area contributed by atoms with Crippen LogP contribution in [0.2, 0.25) is 0 Å². The molecule has 0 aromatic rings. The van der Waals surface area contributed by atoms with Gasteiger partial charge in [0.05, 0.1) is 5.60 Å². The van der Waals surface area contributed by atoms with Crippen LogP contribution >= 0.6 is 0 Å². The molecule has 1 saturated heterocycles. The third-order valence-electron chi connectivity index (χ3n) is 3.10. The standard InChI is InChI=1S/C10H17NO/c1-8(2)11-6-10(7-11)4-9(3,12)5-10/h12H,1,4-7H2,2-3H3. The van der Waals surface area contributed by atoms with Gasteiger partial charge in [0.2, 0.25) is 0 Å². The fourth-order valence-corrected chi connectivity index (χ4v) is 2.82. The number of nitrogens with zero attached hydrogens (tertiary/aromatic N) is 1. The molecule has 0 bridgehead atoms. The lowest BCUT2D eigenvalue weighted by atomic mass is 9.56. The van der Waals surface area contributed by atoms with E-state index in [0.717, 1.165) is 31.6 Å². The summed E-state index contributed by atoms with van der Waals surface area (Å²) >= 11 is 0. The smallest absolute Gasteiger partial charge is 0.0633 e. The maximum atomic E-state index is 9.60. The number of aliphatic hydroxyl groups is 1. The lowest BCUT2D eigenvalue weighted by Crippen LogP contribution is -2.66. The second-order valence-electron chi connectivity index (χ2n) is 4.94. The zero-order chi connectivity index (χ0) is 8.98. The Bertz CT molecular complexity index is 216. The molecule has 0 aromatic heterocycles. The van der Waals surface area contributed by atoms with Crippen LogP contribution < -0.4 is 0 Å². The van der Waals surface area contributed by atoms with Crippen molar-refractivity contribution < 1.29 is 5.11 Å². The second-order valence-corrected chi connectivity index (χ2v) is 4.94. The minimum absolute atomic E-state index is 0.374. The van der Waals surface area contributed by atoms with Crippen molar-refractivity contribution >= 4 is 0 Å². The molecular weight excluding hydrogens is 150 g/mol. The van der Waals surface area contributed by atoms with Crippen LogP contribution in [-0.2, 0) is 0 Å². The minimum atomic E-state index is -0.374. The van der Waals surface area contributed by atoms with E-state index in [2.05, 4.69) is 11.5 Å². The topological polar surface area (TPSA) is 23.5 Å². The van der Waals surface area contributed by atoms with E-state index in [1.165, 1.54) is 0 Å². The quantitative estimate of drug-likeness (QED) is 0.637. The monoisotopic (exact) mass is 167 g/mol. The molecule has 0 amide bonds. The van der Waals surface area contributed by atoms with Gasteiger partial charge in [-0.2, -0.15) is 0 Å². The Morgan fingerprint density at radius 2 is 1.92 bits per heavy atom. The molecule has 12 heavy (non-hydrogen) atoms. The van der Waals surface area contributed by atoms with Gasteiger partial charge in [-0.05, 0) is 26.7 Å². The van der Waals surface area contributed by atoms with E-state index in [4.69, 9.17) is 0 Å². The van der Waals surface area contributed by atoms with Crippen LogP contribution in [0.3, 0.4) is 0 Å². The lowest BCUT2D eigenvalue weighted by molar-refractivity contribution is -0.172. The van der Waals surface area contributed by atoms with Crippen molar-refractivity contribution in [3.8, 4) is 0 Å². The first-order valence-corrected chi connectivity index (χ1v) is 4.55. The predicted molar refractivity (Wildman–Crippen MR) is 48.7 cm³/mol. The van der Waals surface area contributed by atoms with Crippen molar-refractivity contribution in [2.24, 2.45) is 5.41 Å². The van der Waals surface area contributed by atoms with Gasteiger partial charge in [-0.1, -0.05) is 6.58 Å². The van der Waals surface area contributed by atoms with Crippen molar-refractivity contribution in [2.45, 2.75) is 32.3 Å². The molecule has 68 valence electrons. The van der Waals surface area contributed by atoms with Crippen molar-refractivity contribution in [3.05, 3.63) is 12.3 Å². The highest BCUT2D eigenvalue weighted by atomic mass is 16.3. The molecule has 0 aromatic carbocycles. The minimum Gasteiger partial charge on any atom is -0.390 e. The third kappa shape index (κ3) is 1.06. The highest BCUT2D eigenvalue weighted by molar-refractivity contribution is 5.13. The van der Waals surface area contributed by atoms with Crippen LogP contribution in [-0.4, -0.2) is 28.7 Å². The Morgan fingerprint density at radius 1 is 1.42 bits per heavy atom. The fraction of sp³-hybridized carbons (Fsp3) is 0.800. The van der Waals surface area contributed by atoms with Crippen LogP contribution in [0, 0.1) is 5.41 Å².